The summed E-state index contributed by atoms with van der Waals surface area (Å²) < 4.78 is 6.28. The number of fused-ring (bicyclic) bond motifs is 3. The van der Waals surface area contributed by atoms with E-state index in [9.17, 15) is 9.59 Å². The number of carbonyl (C=O) groups is 1. The number of nitrogens with zero attached hydrogens (tertiary/aromatic N) is 3. The Bertz CT molecular complexity index is 969. The molecule has 0 aromatic carbocycles. The lowest BCUT2D eigenvalue weighted by Gasteiger charge is -2.05. The molecule has 0 saturated carbocycles. The maximum atomic E-state index is 12.7. The molecule has 0 fully saturated rings. The van der Waals surface area contributed by atoms with Crippen LogP contribution in [0.4, 0.5) is 5.88 Å². The minimum Gasteiger partial charge on any atom is -0.338 e. The number of hydrogen-bond donors (Lipinski definition) is 1. The lowest BCUT2D eigenvalue weighted by atomic mass is 10.2. The van der Waals surface area contributed by atoms with Crippen LogP contribution in [-0.4, -0.2) is 20.6 Å². The molecular weight excluding hydrogens is 316 g/mol. The fourth-order valence-electron chi connectivity index (χ4n) is 2.89. The lowest BCUT2D eigenvalue weighted by molar-refractivity contribution is -0.116. The number of thiophene rings is 1. The molecule has 0 bridgehead atoms. The Kier molecular flexibility index (Phi) is 3.26. The second-order valence-electron chi connectivity index (χ2n) is 5.60. The van der Waals surface area contributed by atoms with Crippen LogP contribution in [0.1, 0.15) is 22.6 Å². The Hall–Kier alpha value is -2.48. The van der Waals surface area contributed by atoms with Gasteiger partial charge in [0.15, 0.2) is 0 Å². The molecule has 1 aliphatic rings. The van der Waals surface area contributed by atoms with Crippen LogP contribution in [0.2, 0.25) is 0 Å². The minimum atomic E-state index is -0.351. The molecule has 3 heterocycles. The normalized spacial score (nSPS) is 13.4. The molecule has 0 spiro atoms. The van der Waals surface area contributed by atoms with Crippen LogP contribution in [-0.2, 0) is 24.2 Å². The van der Waals surface area contributed by atoms with Gasteiger partial charge in [0.05, 0.1) is 17.4 Å². The van der Waals surface area contributed by atoms with E-state index in [2.05, 4.69) is 15.5 Å². The van der Waals surface area contributed by atoms with Crippen molar-refractivity contribution in [1.29, 1.82) is 0 Å². The third-order valence-electron chi connectivity index (χ3n) is 3.90. The zero-order valence-electron chi connectivity index (χ0n) is 12.5. The molecule has 0 unspecified atom stereocenters. The highest BCUT2D eigenvalue weighted by Crippen LogP contribution is 2.34. The van der Waals surface area contributed by atoms with Crippen LogP contribution in [0.15, 0.2) is 21.7 Å². The van der Waals surface area contributed by atoms with Crippen molar-refractivity contribution in [3.8, 4) is 0 Å². The summed E-state index contributed by atoms with van der Waals surface area (Å²) in [5.74, 6) is -0.0812. The number of nitrogens with one attached hydrogen (secondary N) is 1. The van der Waals surface area contributed by atoms with Gasteiger partial charge in [0.1, 0.15) is 11.4 Å². The molecule has 1 N–H and O–H groups in total. The number of anilines is 1. The molecule has 0 aliphatic heterocycles. The summed E-state index contributed by atoms with van der Waals surface area (Å²) in [4.78, 5) is 31.1. The second-order valence-corrected chi connectivity index (χ2v) is 6.68. The van der Waals surface area contributed by atoms with Gasteiger partial charge in [0.2, 0.25) is 11.8 Å². The number of hydrogen-bond acceptors (Lipinski definition) is 6. The Morgan fingerprint density at radius 1 is 1.48 bits per heavy atom. The molecule has 1 amide bonds. The van der Waals surface area contributed by atoms with E-state index < -0.39 is 0 Å². The van der Waals surface area contributed by atoms with Gasteiger partial charge in [-0.05, 0) is 31.7 Å². The van der Waals surface area contributed by atoms with Gasteiger partial charge in [-0.15, -0.1) is 11.3 Å². The molecule has 8 heteroatoms. The summed E-state index contributed by atoms with van der Waals surface area (Å²) in [6.45, 7) is 1.66. The molecule has 7 nitrogen and oxygen atoms in total. The van der Waals surface area contributed by atoms with E-state index >= 15 is 0 Å². The molecule has 118 valence electrons. The topological polar surface area (TPSA) is 90.0 Å². The average molecular weight is 330 g/mol. The number of rotatable bonds is 3. The zero-order chi connectivity index (χ0) is 16.0. The number of amides is 1. The van der Waals surface area contributed by atoms with Crippen LogP contribution in [0.5, 0.6) is 0 Å². The summed E-state index contributed by atoms with van der Waals surface area (Å²) in [7, 11) is 0. The van der Waals surface area contributed by atoms with Crippen LogP contribution >= 0.6 is 11.3 Å². The van der Waals surface area contributed by atoms with E-state index in [1.807, 2.05) is 0 Å². The molecule has 3 aromatic heterocycles. The maximum absolute atomic E-state index is 12.7. The minimum absolute atomic E-state index is 0.105. The first-order valence-corrected chi connectivity index (χ1v) is 8.16. The predicted molar refractivity (Wildman–Crippen MR) is 85.8 cm³/mol. The third-order valence-corrected chi connectivity index (χ3v) is 5.10. The summed E-state index contributed by atoms with van der Waals surface area (Å²) in [5, 5.41) is 6.95. The van der Waals surface area contributed by atoms with Gasteiger partial charge >= 0.3 is 0 Å². The van der Waals surface area contributed by atoms with E-state index in [1.54, 1.807) is 24.3 Å². The molecule has 0 atom stereocenters. The molecular formula is C15H14N4O3S. The van der Waals surface area contributed by atoms with Gasteiger partial charge in [-0.2, -0.15) is 0 Å². The van der Waals surface area contributed by atoms with Gasteiger partial charge in [-0.1, -0.05) is 5.16 Å². The smallest absolute Gasteiger partial charge is 0.262 e. The highest BCUT2D eigenvalue weighted by atomic mass is 32.1. The van der Waals surface area contributed by atoms with Crippen molar-refractivity contribution in [3.05, 3.63) is 38.9 Å². The van der Waals surface area contributed by atoms with E-state index in [0.717, 1.165) is 29.7 Å². The van der Waals surface area contributed by atoms with Crippen LogP contribution < -0.4 is 10.9 Å². The van der Waals surface area contributed by atoms with Gasteiger partial charge in [0, 0.05) is 10.9 Å². The second kappa shape index (κ2) is 5.31. The first kappa shape index (κ1) is 14.1. The Morgan fingerprint density at radius 3 is 3.13 bits per heavy atom. The molecule has 1 aliphatic carbocycles. The Morgan fingerprint density at radius 2 is 2.35 bits per heavy atom. The molecule has 0 saturated heterocycles. The summed E-state index contributed by atoms with van der Waals surface area (Å²) in [5.41, 5.74) is 1.64. The van der Waals surface area contributed by atoms with Gasteiger partial charge < -0.3 is 4.52 Å². The molecule has 3 aromatic rings. The van der Waals surface area contributed by atoms with Gasteiger partial charge in [0.25, 0.3) is 5.56 Å². The Balaban J connectivity index is 1.63. The van der Waals surface area contributed by atoms with Crippen molar-refractivity contribution in [2.75, 3.05) is 5.32 Å². The lowest BCUT2D eigenvalue weighted by Crippen LogP contribution is -2.27. The first-order valence-electron chi connectivity index (χ1n) is 7.34. The highest BCUT2D eigenvalue weighted by molar-refractivity contribution is 7.18. The van der Waals surface area contributed by atoms with Crippen molar-refractivity contribution in [3.63, 3.8) is 0 Å². The van der Waals surface area contributed by atoms with Gasteiger partial charge in [-0.3, -0.25) is 19.5 Å². The van der Waals surface area contributed by atoms with E-state index in [4.69, 9.17) is 4.52 Å². The predicted octanol–water partition coefficient (Wildman–Crippen LogP) is 1.88. The number of aryl methyl sites for hydroxylation is 3. The van der Waals surface area contributed by atoms with E-state index in [1.165, 1.54) is 15.8 Å². The molecule has 0 radical (unpaired) electrons. The highest BCUT2D eigenvalue weighted by Gasteiger charge is 2.21. The van der Waals surface area contributed by atoms with E-state index in [0.29, 0.717) is 11.1 Å². The third kappa shape index (κ3) is 2.44. The van der Waals surface area contributed by atoms with Crippen molar-refractivity contribution in [2.24, 2.45) is 0 Å². The van der Waals surface area contributed by atoms with Crippen molar-refractivity contribution in [1.82, 2.24) is 14.7 Å². The summed E-state index contributed by atoms with van der Waals surface area (Å²) in [6.07, 6.45) is 4.44. The van der Waals surface area contributed by atoms with Crippen molar-refractivity contribution < 1.29 is 9.32 Å². The molecule has 23 heavy (non-hydrogen) atoms. The fourth-order valence-corrected chi connectivity index (χ4v) is 4.11. The number of carbonyl (C=O) groups excluding carboxylic acids is 1. The maximum Gasteiger partial charge on any atom is 0.262 e. The van der Waals surface area contributed by atoms with Crippen molar-refractivity contribution in [2.45, 2.75) is 32.7 Å². The van der Waals surface area contributed by atoms with Crippen LogP contribution in [0, 0.1) is 6.92 Å². The van der Waals surface area contributed by atoms with Crippen LogP contribution in [0.3, 0.4) is 0 Å². The fraction of sp³-hybridized carbons (Fsp3) is 0.333. The SMILES string of the molecule is Cc1cc(NC(=O)Cn2cnc3sc4c(c3c2=O)CCC4)on1. The summed E-state index contributed by atoms with van der Waals surface area (Å²) >= 11 is 1.59. The standard InChI is InChI=1S/C15H14N4O3S/c1-8-5-12(22-18-8)17-11(20)6-19-7-16-14-13(15(19)21)9-3-2-4-10(9)23-14/h5,7H,2-4,6H2,1H3,(H,17,20). The Labute approximate surface area is 134 Å². The quantitative estimate of drug-likeness (QED) is 0.792. The largest absolute Gasteiger partial charge is 0.338 e. The number of aromatic nitrogens is 3. The first-order chi connectivity index (χ1) is 11.1. The van der Waals surface area contributed by atoms with Gasteiger partial charge in [-0.25, -0.2) is 4.98 Å². The van der Waals surface area contributed by atoms with Crippen molar-refractivity contribution >= 4 is 33.3 Å². The van der Waals surface area contributed by atoms with E-state index in [-0.39, 0.29) is 23.9 Å². The molecule has 4 rings (SSSR count). The van der Waals surface area contributed by atoms with Crippen LogP contribution in [0.25, 0.3) is 10.2 Å². The monoisotopic (exact) mass is 330 g/mol. The zero-order valence-corrected chi connectivity index (χ0v) is 13.3. The average Bonchev–Trinajstić information content (AvgIpc) is 3.17. The summed E-state index contributed by atoms with van der Waals surface area (Å²) in [6, 6.07) is 1.62.